The van der Waals surface area contributed by atoms with Crippen molar-refractivity contribution in [3.8, 4) is 12.3 Å². The third kappa shape index (κ3) is 6.57. The number of amides is 1. The largest absolute Gasteiger partial charge is 0.480 e. The SMILES string of the molecule is C#CCN(c1ccccc1C(=O)N[C@@H](CCC1(CCC(=O)OC)N=NN=N1)C(=O)O)[C@@H]1CCc2cc3nc(C)[nH]c(=O)c3cc21. The van der Waals surface area contributed by atoms with E-state index in [0.29, 0.717) is 28.8 Å². The maximum Gasteiger partial charge on any atom is 0.326 e. The van der Waals surface area contributed by atoms with E-state index < -0.39 is 29.6 Å². The molecule has 0 radical (unpaired) electrons. The van der Waals surface area contributed by atoms with Gasteiger partial charge in [0.05, 0.1) is 41.9 Å². The lowest BCUT2D eigenvalue weighted by atomic mass is 9.96. The molecular formula is C31H32N8O6. The second kappa shape index (κ2) is 13.0. The number of fused-ring (bicyclic) bond motifs is 2. The van der Waals surface area contributed by atoms with E-state index in [0.717, 1.165) is 17.5 Å². The van der Waals surface area contributed by atoms with Crippen LogP contribution in [-0.2, 0) is 20.7 Å². The lowest BCUT2D eigenvalue weighted by molar-refractivity contribution is -0.141. The van der Waals surface area contributed by atoms with E-state index in [1.54, 1.807) is 31.2 Å². The van der Waals surface area contributed by atoms with Crippen LogP contribution in [0.5, 0.6) is 0 Å². The second-order valence-electron chi connectivity index (χ2n) is 11.0. The Balaban J connectivity index is 1.39. The third-order valence-electron chi connectivity index (χ3n) is 8.12. The fraction of sp³-hybridized carbons (Fsp3) is 0.387. The number of terminal acetylenes is 1. The molecule has 3 aromatic rings. The normalized spacial score (nSPS) is 16.6. The number of aromatic nitrogens is 2. The number of benzene rings is 2. The summed E-state index contributed by atoms with van der Waals surface area (Å²) in [4.78, 5) is 59.5. The highest BCUT2D eigenvalue weighted by molar-refractivity contribution is 6.01. The molecule has 2 aromatic carbocycles. The molecule has 0 saturated carbocycles. The zero-order chi connectivity index (χ0) is 32.1. The van der Waals surface area contributed by atoms with E-state index in [-0.39, 0.29) is 49.4 Å². The quantitative estimate of drug-likeness (QED) is 0.203. The number of esters is 1. The van der Waals surface area contributed by atoms with E-state index in [9.17, 15) is 24.3 Å². The number of nitrogens with one attached hydrogen (secondary N) is 2. The number of carbonyl (C=O) groups is 3. The first-order valence-corrected chi connectivity index (χ1v) is 14.4. The summed E-state index contributed by atoms with van der Waals surface area (Å²) in [5, 5.41) is 28.2. The molecule has 5 rings (SSSR count). The molecule has 45 heavy (non-hydrogen) atoms. The van der Waals surface area contributed by atoms with E-state index in [1.807, 2.05) is 17.0 Å². The molecule has 14 nitrogen and oxygen atoms in total. The molecule has 0 bridgehead atoms. The van der Waals surface area contributed by atoms with Crippen molar-refractivity contribution in [1.82, 2.24) is 15.3 Å². The van der Waals surface area contributed by atoms with E-state index in [2.05, 4.69) is 46.6 Å². The number of methoxy groups -OCH3 is 1. The van der Waals surface area contributed by atoms with E-state index in [1.165, 1.54) is 7.11 Å². The van der Waals surface area contributed by atoms with Gasteiger partial charge in [0.2, 0.25) is 0 Å². The number of carbonyl (C=O) groups excluding carboxylic acids is 2. The van der Waals surface area contributed by atoms with Crippen LogP contribution in [-0.4, -0.2) is 58.3 Å². The Kier molecular flexibility index (Phi) is 8.98. The number of para-hydroxylation sites is 1. The van der Waals surface area contributed by atoms with E-state index in [4.69, 9.17) is 6.42 Å². The van der Waals surface area contributed by atoms with Crippen molar-refractivity contribution in [3.05, 3.63) is 69.3 Å². The fourth-order valence-electron chi connectivity index (χ4n) is 5.86. The van der Waals surface area contributed by atoms with Crippen LogP contribution in [0.15, 0.2) is 61.9 Å². The number of nitrogens with zero attached hydrogens (tertiary/aromatic N) is 6. The standard InChI is InChI=1S/C31H32N8O6/c1-4-15-39(26-10-9-19-16-24-22(17-21(19)26)29(42)33-18(2)32-24)25-8-6-5-7-20(25)28(41)34-23(30(43)44)11-13-31(35-37-38-36-31)14-12-27(40)45-3/h1,5-8,16-17,23,26H,9-15H2,2-3H3,(H,34,41)(H,43,44)(H,32,33,42)/t23-,26+/m0/s1. The number of aliphatic carboxylic acids is 1. The first kappa shape index (κ1) is 31.0. The van der Waals surface area contributed by atoms with Gasteiger partial charge in [-0.1, -0.05) is 18.1 Å². The molecule has 1 aromatic heterocycles. The molecule has 3 N–H and O–H groups in total. The summed E-state index contributed by atoms with van der Waals surface area (Å²) in [5.41, 5.74) is 1.90. The first-order valence-electron chi connectivity index (χ1n) is 14.4. The Morgan fingerprint density at radius 2 is 1.98 bits per heavy atom. The Bertz CT molecular complexity index is 1800. The zero-order valence-corrected chi connectivity index (χ0v) is 24.8. The van der Waals surface area contributed by atoms with Gasteiger partial charge < -0.3 is 25.0 Å². The van der Waals surface area contributed by atoms with Crippen molar-refractivity contribution in [1.29, 1.82) is 0 Å². The molecule has 232 valence electrons. The smallest absolute Gasteiger partial charge is 0.326 e. The molecule has 2 atom stereocenters. The van der Waals surface area contributed by atoms with Gasteiger partial charge in [-0.3, -0.25) is 14.4 Å². The Hall–Kier alpha value is -5.45. The van der Waals surface area contributed by atoms with Crippen LogP contribution in [0, 0.1) is 19.3 Å². The second-order valence-corrected chi connectivity index (χ2v) is 11.0. The minimum Gasteiger partial charge on any atom is -0.480 e. The highest BCUT2D eigenvalue weighted by atomic mass is 16.5. The van der Waals surface area contributed by atoms with Gasteiger partial charge in [-0.15, -0.1) is 16.7 Å². The molecule has 0 unspecified atom stereocenters. The summed E-state index contributed by atoms with van der Waals surface area (Å²) in [5.74, 6) is 0.888. The molecule has 14 heteroatoms. The number of carboxylic acid groups (broad SMARTS) is 1. The number of hydrogen-bond acceptors (Lipinski definition) is 11. The number of ether oxygens (including phenoxy) is 1. The maximum absolute atomic E-state index is 13.7. The van der Waals surface area contributed by atoms with Crippen molar-refractivity contribution in [2.75, 3.05) is 18.6 Å². The average Bonchev–Trinajstić information content (AvgIpc) is 3.67. The van der Waals surface area contributed by atoms with Crippen LogP contribution in [0.1, 0.15) is 65.5 Å². The van der Waals surface area contributed by atoms with Gasteiger partial charge in [0.1, 0.15) is 11.9 Å². The minimum absolute atomic E-state index is 0.0122. The van der Waals surface area contributed by atoms with Gasteiger partial charge in [-0.25, -0.2) is 9.78 Å². The summed E-state index contributed by atoms with van der Waals surface area (Å²) in [6, 6.07) is 9.07. The van der Waals surface area contributed by atoms with Gasteiger partial charge in [0.25, 0.3) is 11.5 Å². The molecule has 0 spiro atoms. The lowest BCUT2D eigenvalue weighted by Crippen LogP contribution is -2.42. The Morgan fingerprint density at radius 3 is 2.69 bits per heavy atom. The van der Waals surface area contributed by atoms with Gasteiger partial charge in [0.15, 0.2) is 5.66 Å². The van der Waals surface area contributed by atoms with Crippen LogP contribution in [0.25, 0.3) is 10.9 Å². The number of aromatic amines is 1. The van der Waals surface area contributed by atoms with Crippen molar-refractivity contribution < 1.29 is 24.2 Å². The highest BCUT2D eigenvalue weighted by Crippen LogP contribution is 2.40. The molecule has 2 heterocycles. The molecule has 1 amide bonds. The van der Waals surface area contributed by atoms with Crippen molar-refractivity contribution in [2.24, 2.45) is 20.7 Å². The summed E-state index contributed by atoms with van der Waals surface area (Å²) in [7, 11) is 1.26. The Morgan fingerprint density at radius 1 is 1.22 bits per heavy atom. The number of anilines is 1. The molecule has 0 fully saturated rings. The lowest BCUT2D eigenvalue weighted by Gasteiger charge is -2.32. The van der Waals surface area contributed by atoms with Crippen LogP contribution in [0.2, 0.25) is 0 Å². The van der Waals surface area contributed by atoms with Gasteiger partial charge in [0, 0.05) is 12.8 Å². The summed E-state index contributed by atoms with van der Waals surface area (Å²) in [6.45, 7) is 1.90. The molecular weight excluding hydrogens is 580 g/mol. The minimum atomic E-state index is -1.30. The number of H-pyrrole nitrogens is 1. The van der Waals surface area contributed by atoms with Crippen LogP contribution >= 0.6 is 0 Å². The molecule has 1 aliphatic heterocycles. The van der Waals surface area contributed by atoms with Crippen molar-refractivity contribution >= 4 is 34.4 Å². The number of hydrogen-bond donors (Lipinski definition) is 3. The summed E-state index contributed by atoms with van der Waals surface area (Å²) < 4.78 is 4.68. The molecule has 1 aliphatic carbocycles. The van der Waals surface area contributed by atoms with Gasteiger partial charge in [-0.05, 0) is 78.4 Å². The summed E-state index contributed by atoms with van der Waals surface area (Å²) >= 11 is 0. The number of carboxylic acids is 1. The first-order chi connectivity index (χ1) is 21.6. The maximum atomic E-state index is 13.7. The monoisotopic (exact) mass is 612 g/mol. The van der Waals surface area contributed by atoms with Crippen LogP contribution in [0.3, 0.4) is 0 Å². The number of aryl methyl sites for hydroxylation is 2. The average molecular weight is 613 g/mol. The third-order valence-corrected chi connectivity index (χ3v) is 8.12. The molecule has 2 aliphatic rings. The van der Waals surface area contributed by atoms with Crippen molar-refractivity contribution in [2.45, 2.75) is 63.2 Å². The highest BCUT2D eigenvalue weighted by Gasteiger charge is 2.37. The Labute approximate surface area is 258 Å². The van der Waals surface area contributed by atoms with Gasteiger partial charge in [-0.2, -0.15) is 0 Å². The van der Waals surface area contributed by atoms with Crippen molar-refractivity contribution in [3.63, 3.8) is 0 Å². The van der Waals surface area contributed by atoms with Crippen LogP contribution < -0.4 is 15.8 Å². The van der Waals surface area contributed by atoms with Crippen LogP contribution in [0.4, 0.5) is 5.69 Å². The predicted octanol–water partition coefficient (Wildman–Crippen LogP) is 3.80. The van der Waals surface area contributed by atoms with E-state index >= 15 is 0 Å². The molecule has 0 saturated heterocycles. The zero-order valence-electron chi connectivity index (χ0n) is 24.8. The summed E-state index contributed by atoms with van der Waals surface area (Å²) in [6.07, 6.45) is 7.34. The topological polar surface area (TPSA) is 191 Å². The number of rotatable bonds is 12. The van der Waals surface area contributed by atoms with Gasteiger partial charge >= 0.3 is 11.9 Å². The predicted molar refractivity (Wildman–Crippen MR) is 163 cm³/mol. The fourth-order valence-corrected chi connectivity index (χ4v) is 5.86.